The Labute approximate surface area is 138 Å². The van der Waals surface area contributed by atoms with E-state index in [0.29, 0.717) is 16.3 Å². The van der Waals surface area contributed by atoms with Crippen LogP contribution in [0.15, 0.2) is 48.5 Å². The van der Waals surface area contributed by atoms with Crippen LogP contribution in [0.25, 0.3) is 0 Å². The highest BCUT2D eigenvalue weighted by molar-refractivity contribution is 6.30. The molecule has 5 nitrogen and oxygen atoms in total. The first-order valence-corrected chi connectivity index (χ1v) is 7.40. The summed E-state index contributed by atoms with van der Waals surface area (Å²) in [6.07, 6.45) is -2.20. The number of nitrogens with zero attached hydrogens (tertiary/aromatic N) is 1. The maximum Gasteiger partial charge on any atom is 0.340 e. The van der Waals surface area contributed by atoms with Crippen LogP contribution in [0.4, 0.5) is 5.69 Å². The number of ether oxygens (including phenoxy) is 1. The first-order chi connectivity index (χ1) is 11.0. The monoisotopic (exact) mass is 331 g/mol. The van der Waals surface area contributed by atoms with Crippen molar-refractivity contribution in [1.82, 2.24) is 0 Å². The zero-order chi connectivity index (χ0) is 16.6. The molecular formula is C17H14ClNO4. The first kappa shape index (κ1) is 15.5. The molecule has 1 aliphatic rings. The van der Waals surface area contributed by atoms with Gasteiger partial charge >= 0.3 is 5.97 Å². The summed E-state index contributed by atoms with van der Waals surface area (Å²) in [6.45, 7) is 1.36. The minimum Gasteiger partial charge on any atom is -0.434 e. The minimum absolute atomic E-state index is 0.254. The molecule has 1 heterocycles. The second-order valence-electron chi connectivity index (χ2n) is 5.20. The molecule has 0 fully saturated rings. The van der Waals surface area contributed by atoms with E-state index < -0.39 is 18.3 Å². The van der Waals surface area contributed by atoms with Gasteiger partial charge in [-0.2, -0.15) is 0 Å². The molecule has 3 rings (SSSR count). The second-order valence-corrected chi connectivity index (χ2v) is 5.64. The van der Waals surface area contributed by atoms with Crippen LogP contribution in [0.2, 0.25) is 5.02 Å². The molecule has 118 valence electrons. The van der Waals surface area contributed by atoms with Gasteiger partial charge in [-0.15, -0.1) is 0 Å². The van der Waals surface area contributed by atoms with Gasteiger partial charge in [0.2, 0.25) is 12.1 Å². The van der Waals surface area contributed by atoms with Crippen LogP contribution >= 0.6 is 11.6 Å². The molecule has 2 atom stereocenters. The number of esters is 1. The molecule has 0 aliphatic carbocycles. The molecule has 0 saturated heterocycles. The molecular weight excluding hydrogens is 318 g/mol. The van der Waals surface area contributed by atoms with Crippen molar-refractivity contribution in [3.8, 4) is 0 Å². The Bertz CT molecular complexity index is 777. The van der Waals surface area contributed by atoms with Crippen molar-refractivity contribution in [2.24, 2.45) is 0 Å². The Morgan fingerprint density at radius 1 is 1.17 bits per heavy atom. The molecule has 1 amide bonds. The smallest absolute Gasteiger partial charge is 0.340 e. The third-order valence-electron chi connectivity index (χ3n) is 3.67. The van der Waals surface area contributed by atoms with E-state index in [1.165, 1.54) is 17.9 Å². The van der Waals surface area contributed by atoms with Crippen LogP contribution in [-0.2, 0) is 9.53 Å². The topological polar surface area (TPSA) is 66.8 Å². The van der Waals surface area contributed by atoms with E-state index in [9.17, 15) is 14.7 Å². The van der Waals surface area contributed by atoms with E-state index in [-0.39, 0.29) is 11.5 Å². The van der Waals surface area contributed by atoms with Crippen LogP contribution in [0, 0.1) is 0 Å². The number of fused-ring (bicyclic) bond motifs is 1. The fraction of sp³-hybridized carbons (Fsp3) is 0.176. The van der Waals surface area contributed by atoms with Gasteiger partial charge in [0.25, 0.3) is 0 Å². The number of amides is 1. The van der Waals surface area contributed by atoms with Gasteiger partial charge < -0.3 is 9.84 Å². The largest absolute Gasteiger partial charge is 0.434 e. The maximum absolute atomic E-state index is 12.3. The summed E-state index contributed by atoms with van der Waals surface area (Å²) in [6, 6.07) is 13.2. The number of aliphatic hydroxyl groups excluding tert-OH is 1. The van der Waals surface area contributed by atoms with Gasteiger partial charge in [-0.25, -0.2) is 4.79 Å². The molecule has 1 N–H and O–H groups in total. The molecule has 0 unspecified atom stereocenters. The number of para-hydroxylation sites is 1. The van der Waals surface area contributed by atoms with E-state index in [0.717, 1.165) is 0 Å². The normalized spacial score (nSPS) is 19.3. The zero-order valence-electron chi connectivity index (χ0n) is 12.3. The highest BCUT2D eigenvalue weighted by Gasteiger charge is 2.42. The Morgan fingerprint density at radius 3 is 2.61 bits per heavy atom. The predicted molar refractivity (Wildman–Crippen MR) is 85.2 cm³/mol. The van der Waals surface area contributed by atoms with Crippen LogP contribution in [0.1, 0.15) is 28.9 Å². The van der Waals surface area contributed by atoms with Crippen LogP contribution < -0.4 is 4.90 Å². The number of benzene rings is 2. The van der Waals surface area contributed by atoms with Crippen molar-refractivity contribution in [2.45, 2.75) is 19.3 Å². The summed E-state index contributed by atoms with van der Waals surface area (Å²) in [5.41, 5.74) is 1.34. The third kappa shape index (κ3) is 2.81. The summed E-state index contributed by atoms with van der Waals surface area (Å²) >= 11 is 5.86. The van der Waals surface area contributed by atoms with Crippen molar-refractivity contribution in [1.29, 1.82) is 0 Å². The molecule has 1 aliphatic heterocycles. The number of hydrogen-bond acceptors (Lipinski definition) is 4. The molecule has 0 saturated carbocycles. The lowest BCUT2D eigenvalue weighted by atomic mass is 10.1. The number of halogens is 1. The van der Waals surface area contributed by atoms with Gasteiger partial charge in [-0.1, -0.05) is 35.9 Å². The lowest BCUT2D eigenvalue weighted by Crippen LogP contribution is -2.41. The number of carbonyl (C=O) groups excluding carboxylic acids is 2. The van der Waals surface area contributed by atoms with E-state index >= 15 is 0 Å². The molecule has 6 heteroatoms. The quantitative estimate of drug-likeness (QED) is 0.859. The van der Waals surface area contributed by atoms with Crippen LogP contribution in [0.5, 0.6) is 0 Å². The fourth-order valence-corrected chi connectivity index (χ4v) is 2.84. The highest BCUT2D eigenvalue weighted by Crippen LogP contribution is 2.40. The van der Waals surface area contributed by atoms with E-state index in [1.54, 1.807) is 42.5 Å². The van der Waals surface area contributed by atoms with Gasteiger partial charge in [-0.05, 0) is 24.3 Å². The van der Waals surface area contributed by atoms with Crippen molar-refractivity contribution in [3.63, 3.8) is 0 Å². The molecule has 0 aromatic heterocycles. The summed E-state index contributed by atoms with van der Waals surface area (Å²) < 4.78 is 5.38. The van der Waals surface area contributed by atoms with Gasteiger partial charge in [0.1, 0.15) is 6.10 Å². The summed E-state index contributed by atoms with van der Waals surface area (Å²) in [5, 5.41) is 10.8. The number of rotatable bonds is 2. The van der Waals surface area contributed by atoms with Crippen molar-refractivity contribution >= 4 is 29.2 Å². The third-order valence-corrected chi connectivity index (χ3v) is 3.90. The van der Waals surface area contributed by atoms with E-state index in [2.05, 4.69) is 0 Å². The van der Waals surface area contributed by atoms with E-state index in [1.807, 2.05) is 0 Å². The van der Waals surface area contributed by atoms with Gasteiger partial charge in [0, 0.05) is 17.5 Å². The second kappa shape index (κ2) is 6.02. The number of hydrogen-bond donors (Lipinski definition) is 1. The molecule has 2 aromatic rings. The minimum atomic E-state index is -1.10. The van der Waals surface area contributed by atoms with E-state index in [4.69, 9.17) is 16.3 Å². The number of aliphatic hydroxyl groups is 1. The van der Waals surface area contributed by atoms with Crippen LogP contribution in [0.3, 0.4) is 0 Å². The fourth-order valence-electron chi connectivity index (χ4n) is 2.65. The average Bonchev–Trinajstić information content (AvgIpc) is 2.80. The zero-order valence-corrected chi connectivity index (χ0v) is 13.0. The Hall–Kier alpha value is -2.37. The van der Waals surface area contributed by atoms with Crippen molar-refractivity contribution < 1.29 is 19.4 Å². The molecule has 2 aromatic carbocycles. The average molecular weight is 332 g/mol. The Balaban J connectivity index is 1.90. The molecule has 0 spiro atoms. The first-order valence-electron chi connectivity index (χ1n) is 7.02. The Morgan fingerprint density at radius 2 is 1.91 bits per heavy atom. The van der Waals surface area contributed by atoms with Crippen molar-refractivity contribution in [3.05, 3.63) is 64.7 Å². The van der Waals surface area contributed by atoms with Crippen molar-refractivity contribution in [2.75, 3.05) is 4.90 Å². The molecule has 0 radical (unpaired) electrons. The van der Waals surface area contributed by atoms with Gasteiger partial charge in [-0.3, -0.25) is 9.69 Å². The lowest BCUT2D eigenvalue weighted by molar-refractivity contribution is -0.119. The summed E-state index contributed by atoms with van der Waals surface area (Å²) in [7, 11) is 0. The number of anilines is 1. The standard InChI is InChI=1S/C17H14ClNO4/c1-10(20)19-14-8-3-2-7-13(14)15(21)16(19)23-17(22)11-5-4-6-12(18)9-11/h2-9,15-16,21H,1H3/t15-,16+/m0/s1. The van der Waals surface area contributed by atoms with Gasteiger partial charge in [0.05, 0.1) is 11.3 Å². The maximum atomic E-state index is 12.3. The number of carbonyl (C=O) groups is 2. The highest BCUT2D eigenvalue weighted by atomic mass is 35.5. The lowest BCUT2D eigenvalue weighted by Gasteiger charge is -2.25. The molecule has 0 bridgehead atoms. The van der Waals surface area contributed by atoms with Crippen LogP contribution in [-0.4, -0.2) is 23.2 Å². The molecule has 23 heavy (non-hydrogen) atoms. The Kier molecular flexibility index (Phi) is 4.07. The predicted octanol–water partition coefficient (Wildman–Crippen LogP) is 2.92. The van der Waals surface area contributed by atoms with Gasteiger partial charge in [0.15, 0.2) is 0 Å². The summed E-state index contributed by atoms with van der Waals surface area (Å²) in [5.74, 6) is -0.978. The SMILES string of the molecule is CC(=O)N1c2ccccc2[C@H](O)[C@H]1OC(=O)c1cccc(Cl)c1. The summed E-state index contributed by atoms with van der Waals surface area (Å²) in [4.78, 5) is 25.5.